The summed E-state index contributed by atoms with van der Waals surface area (Å²) in [5.74, 6) is 0.472. The number of hydrogen-bond donors (Lipinski definition) is 0. The molecule has 15 heavy (non-hydrogen) atoms. The van der Waals surface area contributed by atoms with Crippen LogP contribution in [-0.4, -0.2) is 12.6 Å². The molecule has 0 aliphatic carbocycles. The Morgan fingerprint density at radius 3 is 3.00 bits per heavy atom. The van der Waals surface area contributed by atoms with Crippen LogP contribution in [0.15, 0.2) is 12.1 Å². The van der Waals surface area contributed by atoms with Crippen molar-refractivity contribution in [2.45, 2.75) is 20.0 Å². The van der Waals surface area contributed by atoms with Crippen molar-refractivity contribution in [3.63, 3.8) is 0 Å². The zero-order valence-corrected chi connectivity index (χ0v) is 9.30. The van der Waals surface area contributed by atoms with E-state index in [0.29, 0.717) is 11.6 Å². The lowest BCUT2D eigenvalue weighted by molar-refractivity contribution is -0.147. The maximum absolute atomic E-state index is 10.9. The van der Waals surface area contributed by atoms with E-state index in [1.54, 1.807) is 6.07 Å². The summed E-state index contributed by atoms with van der Waals surface area (Å²) < 4.78 is 10.6. The molecule has 0 spiro atoms. The van der Waals surface area contributed by atoms with Crippen molar-refractivity contribution in [3.05, 3.63) is 28.3 Å². The van der Waals surface area contributed by atoms with Crippen LogP contribution in [0.3, 0.4) is 0 Å². The number of esters is 1. The third kappa shape index (κ3) is 1.92. The Morgan fingerprint density at radius 1 is 1.60 bits per heavy atom. The van der Waals surface area contributed by atoms with Crippen LogP contribution in [0.25, 0.3) is 0 Å². The molecule has 1 aliphatic heterocycles. The quantitative estimate of drug-likeness (QED) is 0.691. The predicted octanol–water partition coefficient (Wildman–Crippen LogP) is 2.65. The molecule has 1 aliphatic rings. The maximum Gasteiger partial charge on any atom is 0.303 e. The van der Waals surface area contributed by atoms with Crippen LogP contribution in [0.5, 0.6) is 5.75 Å². The van der Waals surface area contributed by atoms with Gasteiger partial charge in [0, 0.05) is 17.5 Å². The SMILES string of the molecule is CC(=O)O[C@@H]1COc2c(C)cc(Cl)cc21. The summed E-state index contributed by atoms with van der Waals surface area (Å²) in [6, 6.07) is 3.61. The normalized spacial score (nSPS) is 18.2. The zero-order chi connectivity index (χ0) is 11.0. The van der Waals surface area contributed by atoms with Crippen LogP contribution in [0, 0.1) is 6.92 Å². The fraction of sp³-hybridized carbons (Fsp3) is 0.364. The van der Waals surface area contributed by atoms with Gasteiger partial charge in [0.05, 0.1) is 0 Å². The van der Waals surface area contributed by atoms with E-state index in [1.165, 1.54) is 6.92 Å². The number of carbonyl (C=O) groups is 1. The third-order valence-corrected chi connectivity index (χ3v) is 2.52. The highest BCUT2D eigenvalue weighted by Gasteiger charge is 2.28. The minimum Gasteiger partial charge on any atom is -0.489 e. The molecule has 1 aromatic rings. The Hall–Kier alpha value is -1.22. The molecule has 1 atom stereocenters. The Balaban J connectivity index is 2.37. The summed E-state index contributed by atoms with van der Waals surface area (Å²) in [4.78, 5) is 10.9. The second-order valence-corrected chi connectivity index (χ2v) is 3.99. The highest BCUT2D eigenvalue weighted by molar-refractivity contribution is 6.30. The van der Waals surface area contributed by atoms with Gasteiger partial charge in [-0.15, -0.1) is 0 Å². The van der Waals surface area contributed by atoms with Crippen molar-refractivity contribution in [1.29, 1.82) is 0 Å². The predicted molar refractivity (Wildman–Crippen MR) is 56.2 cm³/mol. The van der Waals surface area contributed by atoms with E-state index in [9.17, 15) is 4.79 Å². The van der Waals surface area contributed by atoms with Gasteiger partial charge in [-0.05, 0) is 24.6 Å². The van der Waals surface area contributed by atoms with Crippen LogP contribution in [-0.2, 0) is 9.53 Å². The second-order valence-electron chi connectivity index (χ2n) is 3.55. The molecular weight excluding hydrogens is 216 g/mol. The first-order valence-electron chi connectivity index (χ1n) is 4.68. The van der Waals surface area contributed by atoms with Gasteiger partial charge in [-0.1, -0.05) is 11.6 Å². The standard InChI is InChI=1S/C11H11ClO3/c1-6-3-8(12)4-9-10(15-7(2)13)5-14-11(6)9/h3-4,10H,5H2,1-2H3/t10-/m1/s1. The summed E-state index contributed by atoms with van der Waals surface area (Å²) in [5.41, 5.74) is 1.82. The lowest BCUT2D eigenvalue weighted by Crippen LogP contribution is -2.09. The minimum absolute atomic E-state index is 0.311. The minimum atomic E-state index is -0.324. The number of halogens is 1. The fourth-order valence-corrected chi connectivity index (χ4v) is 2.02. The first kappa shape index (κ1) is 10.3. The third-order valence-electron chi connectivity index (χ3n) is 2.30. The summed E-state index contributed by atoms with van der Waals surface area (Å²) in [6.45, 7) is 3.67. The summed E-state index contributed by atoms with van der Waals surface area (Å²) in [6.07, 6.45) is -0.324. The second kappa shape index (κ2) is 3.74. The largest absolute Gasteiger partial charge is 0.489 e. The first-order chi connectivity index (χ1) is 7.08. The molecule has 4 heteroatoms. The van der Waals surface area contributed by atoms with Gasteiger partial charge in [-0.25, -0.2) is 0 Å². The smallest absolute Gasteiger partial charge is 0.303 e. The number of rotatable bonds is 1. The van der Waals surface area contributed by atoms with E-state index in [-0.39, 0.29) is 12.1 Å². The molecule has 1 aromatic carbocycles. The van der Waals surface area contributed by atoms with Crippen molar-refractivity contribution in [2.24, 2.45) is 0 Å². The first-order valence-corrected chi connectivity index (χ1v) is 5.06. The van der Waals surface area contributed by atoms with E-state index in [4.69, 9.17) is 21.1 Å². The van der Waals surface area contributed by atoms with E-state index in [1.807, 2.05) is 13.0 Å². The monoisotopic (exact) mass is 226 g/mol. The van der Waals surface area contributed by atoms with Crippen molar-refractivity contribution >= 4 is 17.6 Å². The topological polar surface area (TPSA) is 35.5 Å². The summed E-state index contributed by atoms with van der Waals surface area (Å²) >= 11 is 5.93. The van der Waals surface area contributed by atoms with Crippen molar-refractivity contribution in [1.82, 2.24) is 0 Å². The number of carbonyl (C=O) groups excluding carboxylic acids is 1. The lowest BCUT2D eigenvalue weighted by atomic mass is 10.1. The van der Waals surface area contributed by atoms with Crippen molar-refractivity contribution < 1.29 is 14.3 Å². The molecule has 0 unspecified atom stereocenters. The van der Waals surface area contributed by atoms with Crippen LogP contribution in [0.1, 0.15) is 24.2 Å². The average molecular weight is 227 g/mol. The highest BCUT2D eigenvalue weighted by Crippen LogP contribution is 2.39. The molecule has 0 saturated carbocycles. The molecule has 0 N–H and O–H groups in total. The molecule has 80 valence electrons. The van der Waals surface area contributed by atoms with Gasteiger partial charge >= 0.3 is 5.97 Å². The maximum atomic E-state index is 10.9. The lowest BCUT2D eigenvalue weighted by Gasteiger charge is -2.09. The summed E-state index contributed by atoms with van der Waals surface area (Å²) in [7, 11) is 0. The molecular formula is C11H11ClO3. The molecule has 3 nitrogen and oxygen atoms in total. The highest BCUT2D eigenvalue weighted by atomic mass is 35.5. The molecule has 0 bridgehead atoms. The molecule has 0 amide bonds. The van der Waals surface area contributed by atoms with Gasteiger partial charge in [0.2, 0.25) is 0 Å². The molecule has 0 fully saturated rings. The van der Waals surface area contributed by atoms with Crippen LogP contribution in [0.4, 0.5) is 0 Å². The number of hydrogen-bond acceptors (Lipinski definition) is 3. The number of ether oxygens (including phenoxy) is 2. The number of aryl methyl sites for hydroxylation is 1. The Labute approximate surface area is 92.9 Å². The van der Waals surface area contributed by atoms with Crippen molar-refractivity contribution in [2.75, 3.05) is 6.61 Å². The average Bonchev–Trinajstić information content (AvgIpc) is 2.48. The number of fused-ring (bicyclic) bond motifs is 1. The van der Waals surface area contributed by atoms with Crippen molar-refractivity contribution in [3.8, 4) is 5.75 Å². The van der Waals surface area contributed by atoms with Crippen LogP contribution in [0.2, 0.25) is 5.02 Å². The van der Waals surface area contributed by atoms with Gasteiger partial charge in [0.1, 0.15) is 12.4 Å². The fourth-order valence-electron chi connectivity index (χ4n) is 1.74. The molecule has 0 radical (unpaired) electrons. The molecule has 0 aromatic heterocycles. The molecule has 0 saturated heterocycles. The Bertz CT molecular complexity index is 415. The molecule has 2 rings (SSSR count). The molecule has 1 heterocycles. The van der Waals surface area contributed by atoms with Gasteiger partial charge < -0.3 is 9.47 Å². The van der Waals surface area contributed by atoms with E-state index >= 15 is 0 Å². The van der Waals surface area contributed by atoms with Gasteiger partial charge in [0.15, 0.2) is 6.10 Å². The van der Waals surface area contributed by atoms with Gasteiger partial charge in [-0.2, -0.15) is 0 Å². The van der Waals surface area contributed by atoms with Crippen LogP contribution >= 0.6 is 11.6 Å². The van der Waals surface area contributed by atoms with E-state index in [2.05, 4.69) is 0 Å². The van der Waals surface area contributed by atoms with Gasteiger partial charge in [0.25, 0.3) is 0 Å². The zero-order valence-electron chi connectivity index (χ0n) is 8.54. The van der Waals surface area contributed by atoms with E-state index < -0.39 is 0 Å². The van der Waals surface area contributed by atoms with Crippen LogP contribution < -0.4 is 4.74 Å². The van der Waals surface area contributed by atoms with E-state index in [0.717, 1.165) is 16.9 Å². The number of benzene rings is 1. The summed E-state index contributed by atoms with van der Waals surface area (Å²) in [5, 5.41) is 0.633. The van der Waals surface area contributed by atoms with Gasteiger partial charge in [-0.3, -0.25) is 4.79 Å². The Kier molecular flexibility index (Phi) is 2.57. The Morgan fingerprint density at radius 2 is 2.33 bits per heavy atom.